The van der Waals surface area contributed by atoms with Crippen LogP contribution in [0.4, 0.5) is 5.69 Å². The van der Waals surface area contributed by atoms with Gasteiger partial charge in [-0.3, -0.25) is 9.69 Å². The quantitative estimate of drug-likeness (QED) is 0.888. The molecule has 1 aliphatic heterocycles. The summed E-state index contributed by atoms with van der Waals surface area (Å²) in [5.74, 6) is 0.0911. The number of hydrogen-bond donors (Lipinski definition) is 1. The Morgan fingerprint density at radius 3 is 2.63 bits per heavy atom. The van der Waals surface area contributed by atoms with Crippen molar-refractivity contribution >= 4 is 11.7 Å². The van der Waals surface area contributed by atoms with Crippen LogP contribution in [0.3, 0.4) is 0 Å². The maximum absolute atomic E-state index is 10.9. The van der Waals surface area contributed by atoms with E-state index >= 15 is 0 Å². The van der Waals surface area contributed by atoms with Crippen LogP contribution < -0.4 is 9.64 Å². The van der Waals surface area contributed by atoms with Gasteiger partial charge in [0.05, 0.1) is 13.5 Å². The van der Waals surface area contributed by atoms with Crippen molar-refractivity contribution in [1.29, 1.82) is 0 Å². The van der Waals surface area contributed by atoms with E-state index in [0.29, 0.717) is 0 Å². The molecule has 0 spiro atoms. The molecule has 1 aliphatic rings. The molecular weight excluding hydrogens is 244 g/mol. The van der Waals surface area contributed by atoms with Gasteiger partial charge in [0, 0.05) is 31.4 Å². The number of carbonyl (C=O) groups is 1. The van der Waals surface area contributed by atoms with Gasteiger partial charge in [0.25, 0.3) is 0 Å². The molecule has 0 radical (unpaired) electrons. The highest BCUT2D eigenvalue weighted by Gasteiger charge is 2.26. The number of carboxylic acids is 1. The number of anilines is 1. The second kappa shape index (κ2) is 5.93. The normalized spacial score (nSPS) is 20.3. The molecule has 1 fully saturated rings. The van der Waals surface area contributed by atoms with E-state index in [-0.39, 0.29) is 12.5 Å². The van der Waals surface area contributed by atoms with Gasteiger partial charge in [0.2, 0.25) is 0 Å². The highest BCUT2D eigenvalue weighted by molar-refractivity contribution is 5.67. The molecule has 0 saturated carbocycles. The minimum absolute atomic E-state index is 0.0633. The number of aliphatic carboxylic acids is 1. The van der Waals surface area contributed by atoms with Gasteiger partial charge in [-0.15, -0.1) is 0 Å². The van der Waals surface area contributed by atoms with Crippen LogP contribution in [0.2, 0.25) is 0 Å². The Morgan fingerprint density at radius 2 is 2.05 bits per heavy atom. The number of nitrogens with zero attached hydrogens (tertiary/aromatic N) is 2. The van der Waals surface area contributed by atoms with Crippen LogP contribution in [-0.4, -0.2) is 55.8 Å². The third kappa shape index (κ3) is 3.38. The van der Waals surface area contributed by atoms with E-state index in [2.05, 4.69) is 9.80 Å². The summed E-state index contributed by atoms with van der Waals surface area (Å²) in [6.07, 6.45) is 0.184. The van der Waals surface area contributed by atoms with Gasteiger partial charge in [-0.25, -0.2) is 0 Å². The Labute approximate surface area is 113 Å². The van der Waals surface area contributed by atoms with Crippen LogP contribution in [-0.2, 0) is 4.79 Å². The van der Waals surface area contributed by atoms with Crippen molar-refractivity contribution in [3.8, 4) is 5.75 Å². The number of methoxy groups -OCH3 is 1. The van der Waals surface area contributed by atoms with Crippen molar-refractivity contribution in [2.75, 3.05) is 38.7 Å². The maximum atomic E-state index is 10.9. The van der Waals surface area contributed by atoms with E-state index in [9.17, 15) is 4.79 Å². The molecule has 1 saturated heterocycles. The first kappa shape index (κ1) is 13.7. The van der Waals surface area contributed by atoms with E-state index in [1.54, 1.807) is 7.11 Å². The SMILES string of the molecule is COc1ccc(N2CCN(C)C(CC(=O)O)C2)cc1. The fourth-order valence-electron chi connectivity index (χ4n) is 2.40. The second-order valence-corrected chi connectivity index (χ2v) is 4.88. The zero-order valence-corrected chi connectivity index (χ0v) is 11.4. The lowest BCUT2D eigenvalue weighted by Gasteiger charge is -2.40. The zero-order chi connectivity index (χ0) is 13.8. The minimum Gasteiger partial charge on any atom is -0.497 e. The van der Waals surface area contributed by atoms with Gasteiger partial charge in [-0.2, -0.15) is 0 Å². The first-order valence-corrected chi connectivity index (χ1v) is 6.41. The molecule has 5 nitrogen and oxygen atoms in total. The van der Waals surface area contributed by atoms with Gasteiger partial charge < -0.3 is 14.7 Å². The number of piperazine rings is 1. The smallest absolute Gasteiger partial charge is 0.305 e. The molecule has 1 aromatic carbocycles. The van der Waals surface area contributed by atoms with Gasteiger partial charge in [-0.05, 0) is 31.3 Å². The minimum atomic E-state index is -0.742. The molecule has 0 aliphatic carbocycles. The lowest BCUT2D eigenvalue weighted by Crippen LogP contribution is -2.52. The largest absolute Gasteiger partial charge is 0.497 e. The number of ether oxygens (including phenoxy) is 1. The fourth-order valence-corrected chi connectivity index (χ4v) is 2.40. The van der Waals surface area contributed by atoms with Crippen molar-refractivity contribution in [2.45, 2.75) is 12.5 Å². The van der Waals surface area contributed by atoms with Gasteiger partial charge in [0.1, 0.15) is 5.75 Å². The number of carboxylic acid groups (broad SMARTS) is 1. The van der Waals surface area contributed by atoms with Gasteiger partial charge in [-0.1, -0.05) is 0 Å². The monoisotopic (exact) mass is 264 g/mol. The molecular formula is C14H20N2O3. The predicted octanol–water partition coefficient (Wildman–Crippen LogP) is 1.29. The average Bonchev–Trinajstić information content (AvgIpc) is 2.41. The number of hydrogen-bond acceptors (Lipinski definition) is 4. The summed E-state index contributed by atoms with van der Waals surface area (Å²) in [6, 6.07) is 7.96. The molecule has 1 atom stereocenters. The van der Waals surface area contributed by atoms with E-state index < -0.39 is 5.97 Å². The first-order chi connectivity index (χ1) is 9.10. The third-order valence-corrected chi connectivity index (χ3v) is 3.62. The summed E-state index contributed by atoms with van der Waals surface area (Å²) in [7, 11) is 3.63. The van der Waals surface area contributed by atoms with E-state index in [0.717, 1.165) is 31.1 Å². The van der Waals surface area contributed by atoms with Crippen molar-refractivity contribution in [1.82, 2.24) is 4.90 Å². The molecule has 0 bridgehead atoms. The summed E-state index contributed by atoms with van der Waals surface area (Å²) < 4.78 is 5.14. The number of rotatable bonds is 4. The summed E-state index contributed by atoms with van der Waals surface area (Å²) in [5.41, 5.74) is 1.12. The standard InChI is InChI=1S/C14H20N2O3/c1-15-7-8-16(10-12(15)9-14(17)18)11-3-5-13(19-2)6-4-11/h3-6,12H,7-10H2,1-2H3,(H,17,18). The first-order valence-electron chi connectivity index (χ1n) is 6.41. The van der Waals surface area contributed by atoms with Crippen LogP contribution in [0.1, 0.15) is 6.42 Å². The molecule has 5 heteroatoms. The summed E-state index contributed by atoms with van der Waals surface area (Å²) in [6.45, 7) is 2.54. The van der Waals surface area contributed by atoms with Crippen LogP contribution in [0, 0.1) is 0 Å². The Bertz CT molecular complexity index is 433. The zero-order valence-electron chi connectivity index (χ0n) is 11.4. The highest BCUT2D eigenvalue weighted by atomic mass is 16.5. The molecule has 19 heavy (non-hydrogen) atoms. The molecule has 2 rings (SSSR count). The second-order valence-electron chi connectivity index (χ2n) is 4.88. The third-order valence-electron chi connectivity index (χ3n) is 3.62. The van der Waals surface area contributed by atoms with Gasteiger partial charge >= 0.3 is 5.97 Å². The topological polar surface area (TPSA) is 53.0 Å². The lowest BCUT2D eigenvalue weighted by molar-refractivity contribution is -0.138. The number of likely N-dealkylation sites (N-methyl/N-ethyl adjacent to an activating group) is 1. The molecule has 0 aromatic heterocycles. The molecule has 1 aromatic rings. The summed E-state index contributed by atoms with van der Waals surface area (Å²) >= 11 is 0. The van der Waals surface area contributed by atoms with Crippen LogP contribution in [0.5, 0.6) is 5.75 Å². The van der Waals surface area contributed by atoms with E-state index in [1.165, 1.54) is 0 Å². The number of benzene rings is 1. The van der Waals surface area contributed by atoms with E-state index in [4.69, 9.17) is 9.84 Å². The molecule has 1 N–H and O–H groups in total. The van der Waals surface area contributed by atoms with Gasteiger partial charge in [0.15, 0.2) is 0 Å². The average molecular weight is 264 g/mol. The highest BCUT2D eigenvalue weighted by Crippen LogP contribution is 2.22. The molecule has 1 heterocycles. The predicted molar refractivity (Wildman–Crippen MR) is 73.9 cm³/mol. The van der Waals surface area contributed by atoms with Crippen LogP contribution in [0.15, 0.2) is 24.3 Å². The van der Waals surface area contributed by atoms with Crippen molar-refractivity contribution in [3.63, 3.8) is 0 Å². The fraction of sp³-hybridized carbons (Fsp3) is 0.500. The van der Waals surface area contributed by atoms with Crippen molar-refractivity contribution in [3.05, 3.63) is 24.3 Å². The summed E-state index contributed by atoms with van der Waals surface area (Å²) in [5, 5.41) is 8.95. The van der Waals surface area contributed by atoms with E-state index in [1.807, 2.05) is 31.3 Å². The van der Waals surface area contributed by atoms with Crippen molar-refractivity contribution < 1.29 is 14.6 Å². The molecule has 0 amide bonds. The molecule has 104 valence electrons. The van der Waals surface area contributed by atoms with Crippen molar-refractivity contribution in [2.24, 2.45) is 0 Å². The molecule has 1 unspecified atom stereocenters. The Morgan fingerprint density at radius 1 is 1.37 bits per heavy atom. The van der Waals surface area contributed by atoms with Crippen LogP contribution in [0.25, 0.3) is 0 Å². The lowest BCUT2D eigenvalue weighted by atomic mass is 10.1. The van der Waals surface area contributed by atoms with Crippen LogP contribution >= 0.6 is 0 Å². The Kier molecular flexibility index (Phi) is 4.27. The maximum Gasteiger partial charge on any atom is 0.305 e. The Balaban J connectivity index is 2.05. The Hall–Kier alpha value is -1.75. The summed E-state index contributed by atoms with van der Waals surface area (Å²) in [4.78, 5) is 15.2.